The van der Waals surface area contributed by atoms with Crippen molar-refractivity contribution in [3.63, 3.8) is 0 Å². The highest BCUT2D eigenvalue weighted by Gasteiger charge is 2.40. The first-order valence-electron chi connectivity index (χ1n) is 12.7. The van der Waals surface area contributed by atoms with E-state index in [1.807, 2.05) is 42.8 Å². The fourth-order valence-electron chi connectivity index (χ4n) is 4.66. The summed E-state index contributed by atoms with van der Waals surface area (Å²) in [5.41, 5.74) is 1.52. The van der Waals surface area contributed by atoms with E-state index in [-0.39, 0.29) is 16.5 Å². The number of rotatable bonds is 9. The minimum atomic E-state index is -4.99. The van der Waals surface area contributed by atoms with Crippen LogP contribution in [-0.2, 0) is 17.7 Å². The van der Waals surface area contributed by atoms with Gasteiger partial charge in [0.05, 0.1) is 36.9 Å². The third kappa shape index (κ3) is 7.66. The number of likely N-dealkylation sites (N-methyl/N-ethyl adjacent to an activating group) is 1. The third-order valence-electron chi connectivity index (χ3n) is 6.61. The molecule has 40 heavy (non-hydrogen) atoms. The van der Waals surface area contributed by atoms with E-state index in [9.17, 15) is 31.1 Å². The van der Waals surface area contributed by atoms with Crippen molar-refractivity contribution in [3.05, 3.63) is 59.4 Å². The van der Waals surface area contributed by atoms with Crippen molar-refractivity contribution in [2.45, 2.75) is 38.3 Å². The Morgan fingerprint density at radius 2 is 1.75 bits per heavy atom. The van der Waals surface area contributed by atoms with Gasteiger partial charge in [-0.1, -0.05) is 12.1 Å². The van der Waals surface area contributed by atoms with Crippen molar-refractivity contribution < 1.29 is 40.6 Å². The van der Waals surface area contributed by atoms with Crippen LogP contribution in [0.25, 0.3) is 11.0 Å². The second-order valence-electron chi connectivity index (χ2n) is 9.70. The van der Waals surface area contributed by atoms with E-state index < -0.39 is 31.3 Å². The van der Waals surface area contributed by atoms with Gasteiger partial charge in [-0.05, 0) is 49.9 Å². The lowest BCUT2D eigenvalue weighted by Gasteiger charge is -2.33. The molecule has 1 aliphatic rings. The zero-order valence-electron chi connectivity index (χ0n) is 22.1. The van der Waals surface area contributed by atoms with Crippen LogP contribution in [0.1, 0.15) is 28.7 Å². The third-order valence-corrected chi connectivity index (χ3v) is 6.61. The highest BCUT2D eigenvalue weighted by Crippen LogP contribution is 2.26. The van der Waals surface area contributed by atoms with E-state index in [1.54, 1.807) is 0 Å². The SMILES string of the molecule is CCOc1ccc(Cc2nc3cc(C(=O)N(CC(F)(F)F)CC(F)(F)F)ccc3n2CC2COCCN2C)cc1. The van der Waals surface area contributed by atoms with Crippen molar-refractivity contribution >= 4 is 16.9 Å². The first kappa shape index (κ1) is 29.7. The van der Waals surface area contributed by atoms with Gasteiger partial charge in [0, 0.05) is 25.1 Å². The molecule has 1 atom stereocenters. The van der Waals surface area contributed by atoms with E-state index in [2.05, 4.69) is 9.88 Å². The fraction of sp³-hybridized carbons (Fsp3) is 0.481. The number of carbonyl (C=O) groups is 1. The van der Waals surface area contributed by atoms with Crippen LogP contribution in [0.2, 0.25) is 0 Å². The molecule has 0 aliphatic carbocycles. The maximum absolute atomic E-state index is 13.0. The second kappa shape index (κ2) is 12.0. The van der Waals surface area contributed by atoms with Crippen LogP contribution >= 0.6 is 0 Å². The van der Waals surface area contributed by atoms with Crippen LogP contribution in [0, 0.1) is 0 Å². The fourth-order valence-corrected chi connectivity index (χ4v) is 4.66. The maximum atomic E-state index is 13.0. The number of benzene rings is 2. The molecule has 1 saturated heterocycles. The number of halogens is 6. The zero-order chi connectivity index (χ0) is 29.1. The number of amides is 1. The second-order valence-corrected chi connectivity index (χ2v) is 9.70. The molecule has 0 radical (unpaired) electrons. The number of aromatic nitrogens is 2. The van der Waals surface area contributed by atoms with E-state index in [1.165, 1.54) is 18.2 Å². The molecular formula is C27H30F6N4O3. The summed E-state index contributed by atoms with van der Waals surface area (Å²) in [6.45, 7) is 0.680. The maximum Gasteiger partial charge on any atom is 0.406 e. The molecule has 1 aliphatic heterocycles. The Morgan fingerprint density at radius 3 is 2.35 bits per heavy atom. The van der Waals surface area contributed by atoms with Gasteiger partial charge in [0.1, 0.15) is 24.7 Å². The van der Waals surface area contributed by atoms with Crippen molar-refractivity contribution in [1.29, 1.82) is 0 Å². The number of fused-ring (bicyclic) bond motifs is 1. The van der Waals surface area contributed by atoms with Gasteiger partial charge >= 0.3 is 12.4 Å². The van der Waals surface area contributed by atoms with Crippen molar-refractivity contribution in [1.82, 2.24) is 19.4 Å². The molecular weight excluding hydrogens is 542 g/mol. The topological polar surface area (TPSA) is 59.8 Å². The molecule has 0 spiro atoms. The van der Waals surface area contributed by atoms with Crippen LogP contribution in [0.15, 0.2) is 42.5 Å². The number of nitrogens with zero attached hydrogens (tertiary/aromatic N) is 4. The Balaban J connectivity index is 1.70. The van der Waals surface area contributed by atoms with Gasteiger partial charge in [0.15, 0.2) is 0 Å². The van der Waals surface area contributed by atoms with Crippen LogP contribution in [-0.4, -0.2) is 90.2 Å². The van der Waals surface area contributed by atoms with Gasteiger partial charge in [-0.2, -0.15) is 26.3 Å². The van der Waals surface area contributed by atoms with Gasteiger partial charge in [0.2, 0.25) is 0 Å². The summed E-state index contributed by atoms with van der Waals surface area (Å²) in [6, 6.07) is 11.5. The van der Waals surface area contributed by atoms with E-state index >= 15 is 0 Å². The van der Waals surface area contributed by atoms with Crippen molar-refractivity contribution in [2.75, 3.05) is 46.5 Å². The molecule has 1 aromatic heterocycles. The number of hydrogen-bond donors (Lipinski definition) is 0. The zero-order valence-corrected chi connectivity index (χ0v) is 22.1. The number of alkyl halides is 6. The number of hydrogen-bond acceptors (Lipinski definition) is 5. The van der Waals surface area contributed by atoms with Gasteiger partial charge in [-0.25, -0.2) is 4.98 Å². The molecule has 2 heterocycles. The molecule has 4 rings (SSSR count). The quantitative estimate of drug-likeness (QED) is 0.341. The van der Waals surface area contributed by atoms with Gasteiger partial charge in [-0.15, -0.1) is 0 Å². The molecule has 1 fully saturated rings. The van der Waals surface area contributed by atoms with E-state index in [4.69, 9.17) is 9.47 Å². The molecule has 0 N–H and O–H groups in total. The summed E-state index contributed by atoms with van der Waals surface area (Å²) in [5.74, 6) is -0.0316. The lowest BCUT2D eigenvalue weighted by molar-refractivity contribution is -0.171. The average Bonchev–Trinajstić information content (AvgIpc) is 3.20. The number of morpholine rings is 1. The largest absolute Gasteiger partial charge is 0.494 e. The molecule has 1 unspecified atom stereocenters. The molecule has 218 valence electrons. The van der Waals surface area contributed by atoms with Crippen molar-refractivity contribution in [2.24, 2.45) is 0 Å². The summed E-state index contributed by atoms with van der Waals surface area (Å²) in [7, 11) is 1.98. The number of carbonyl (C=O) groups excluding carboxylic acids is 1. The standard InChI is InChI=1S/C27H30F6N4O3/c1-3-40-21-7-4-18(5-8-21)12-24-34-22-13-19(25(38)36(16-26(28,29)30)17-27(31,32)33)6-9-23(22)37(24)14-20-15-39-11-10-35(20)2/h4-9,13,20H,3,10-12,14-17H2,1-2H3. The smallest absolute Gasteiger partial charge is 0.406 e. The monoisotopic (exact) mass is 572 g/mol. The van der Waals surface area contributed by atoms with Gasteiger partial charge < -0.3 is 18.9 Å². The number of ether oxygens (including phenoxy) is 2. The van der Waals surface area contributed by atoms with E-state index in [0.717, 1.165) is 12.1 Å². The first-order valence-corrected chi connectivity index (χ1v) is 12.7. The first-order chi connectivity index (χ1) is 18.8. The molecule has 0 bridgehead atoms. The molecule has 13 heteroatoms. The number of imidazole rings is 1. The Bertz CT molecular complexity index is 1290. The summed E-state index contributed by atoms with van der Waals surface area (Å²) in [6.07, 6.45) is -9.59. The summed E-state index contributed by atoms with van der Waals surface area (Å²) in [5, 5.41) is 0. The molecule has 2 aromatic carbocycles. The Kier molecular flexibility index (Phi) is 8.93. The highest BCUT2D eigenvalue weighted by molar-refractivity contribution is 5.97. The molecule has 3 aromatic rings. The lowest BCUT2D eigenvalue weighted by Crippen LogP contribution is -2.45. The normalized spacial score (nSPS) is 16.9. The minimum Gasteiger partial charge on any atom is -0.494 e. The van der Waals surface area contributed by atoms with Gasteiger partial charge in [-0.3, -0.25) is 9.69 Å². The molecule has 7 nitrogen and oxygen atoms in total. The Labute approximate surface area is 227 Å². The predicted octanol–water partition coefficient (Wildman–Crippen LogP) is 4.92. The lowest BCUT2D eigenvalue weighted by atomic mass is 10.1. The summed E-state index contributed by atoms with van der Waals surface area (Å²) >= 11 is 0. The van der Waals surface area contributed by atoms with E-state index in [0.29, 0.717) is 55.4 Å². The summed E-state index contributed by atoms with van der Waals surface area (Å²) in [4.78, 5) is 19.4. The Hall–Kier alpha value is -3.32. The molecule has 1 amide bonds. The van der Waals surface area contributed by atoms with Crippen LogP contribution in [0.4, 0.5) is 26.3 Å². The predicted molar refractivity (Wildman–Crippen MR) is 135 cm³/mol. The van der Waals surface area contributed by atoms with Crippen LogP contribution in [0.3, 0.4) is 0 Å². The van der Waals surface area contributed by atoms with Crippen LogP contribution < -0.4 is 4.74 Å². The highest BCUT2D eigenvalue weighted by atomic mass is 19.4. The average molecular weight is 573 g/mol. The Morgan fingerprint density at radius 1 is 1.07 bits per heavy atom. The summed E-state index contributed by atoms with van der Waals surface area (Å²) < 4.78 is 91.1. The molecule has 0 saturated carbocycles. The minimum absolute atomic E-state index is 0.0144. The van der Waals surface area contributed by atoms with Crippen molar-refractivity contribution in [3.8, 4) is 5.75 Å². The van der Waals surface area contributed by atoms with Gasteiger partial charge in [0.25, 0.3) is 5.91 Å². The van der Waals surface area contributed by atoms with Crippen LogP contribution in [0.5, 0.6) is 5.75 Å².